The van der Waals surface area contributed by atoms with Crippen LogP contribution in [-0.4, -0.2) is 75.0 Å². The van der Waals surface area contributed by atoms with Gasteiger partial charge in [-0.3, -0.25) is 4.79 Å². The Morgan fingerprint density at radius 1 is 0.818 bits per heavy atom. The fourth-order valence-corrected chi connectivity index (χ4v) is 2.10. The quantitative estimate of drug-likeness (QED) is 0.326. The Morgan fingerprint density at radius 3 is 1.79 bits per heavy atom. The fraction of sp³-hybridized carbons (Fsp3) is 0.846. The molecule has 20 heteroatoms. The number of unbranched alkanes of at least 4 members (excludes halogenated alkanes) is 1. The first kappa shape index (κ1) is 28.6. The molecule has 192 valence electrons. The number of hydrogen-bond donors (Lipinski definition) is 2. The predicted octanol–water partition coefficient (Wildman–Crippen LogP) is 3.72. The van der Waals surface area contributed by atoms with E-state index >= 15 is 0 Å². The molecule has 0 aliphatic carbocycles. The van der Waals surface area contributed by atoms with Crippen molar-refractivity contribution in [2.45, 2.75) is 61.2 Å². The number of carbonyl (C=O) groups excluding carboxylic acids is 1. The van der Waals surface area contributed by atoms with E-state index in [4.69, 9.17) is 0 Å². The van der Waals surface area contributed by atoms with Gasteiger partial charge in [-0.1, -0.05) is 0 Å². The number of halogens is 14. The van der Waals surface area contributed by atoms with Gasteiger partial charge in [0.05, 0.1) is 0 Å². The van der Waals surface area contributed by atoms with Crippen molar-refractivity contribution in [1.29, 1.82) is 0 Å². The number of rotatable bonds is 12. The van der Waals surface area contributed by atoms with Crippen LogP contribution in [0.25, 0.3) is 0 Å². The van der Waals surface area contributed by atoms with Crippen LogP contribution in [0, 0.1) is 0 Å². The van der Waals surface area contributed by atoms with Crippen LogP contribution in [0.3, 0.4) is 0 Å². The van der Waals surface area contributed by atoms with Gasteiger partial charge in [0.2, 0.25) is 0 Å². The summed E-state index contributed by atoms with van der Waals surface area (Å²) >= 11 is 0. The molecule has 1 aromatic heterocycles. The van der Waals surface area contributed by atoms with E-state index in [0.717, 1.165) is 5.32 Å². The molecule has 0 saturated carbocycles. The second kappa shape index (κ2) is 9.07. The van der Waals surface area contributed by atoms with E-state index < -0.39 is 54.4 Å². The number of alkyl halides is 14. The minimum Gasteiger partial charge on any atom is -0.351 e. The van der Waals surface area contributed by atoms with Crippen LogP contribution in [-0.2, 0) is 11.2 Å². The molecule has 0 spiro atoms. The molecule has 6 nitrogen and oxygen atoms in total. The van der Waals surface area contributed by atoms with Crippen LogP contribution in [0.2, 0.25) is 0 Å². The van der Waals surface area contributed by atoms with Crippen LogP contribution in [0.1, 0.15) is 18.7 Å². The van der Waals surface area contributed by atoms with Crippen molar-refractivity contribution in [3.8, 4) is 0 Å². The molecule has 0 aliphatic heterocycles. The molecule has 0 atom stereocenters. The van der Waals surface area contributed by atoms with Crippen LogP contribution in [0.15, 0.2) is 0 Å². The first-order valence-corrected chi connectivity index (χ1v) is 8.25. The van der Waals surface area contributed by atoms with Gasteiger partial charge in [0, 0.05) is 13.0 Å². The fourth-order valence-electron chi connectivity index (χ4n) is 2.10. The summed E-state index contributed by atoms with van der Waals surface area (Å²) < 4.78 is 183. The summed E-state index contributed by atoms with van der Waals surface area (Å²) in [5, 5.41) is 12.9. The zero-order valence-corrected chi connectivity index (χ0v) is 15.4. The Bertz CT molecular complexity index is 797. The maximum Gasteiger partial charge on any atom is 0.392 e. The number of nitrogens with one attached hydrogen (secondary N) is 2. The first-order valence-electron chi connectivity index (χ1n) is 8.25. The van der Waals surface area contributed by atoms with Crippen molar-refractivity contribution in [1.82, 2.24) is 25.9 Å². The number of aromatic amines is 1. The number of H-pyrrole nitrogens is 1. The monoisotopic (exact) mass is 519 g/mol. The number of carbonyl (C=O) groups is 1. The van der Waals surface area contributed by atoms with Gasteiger partial charge in [-0.05, 0) is 23.3 Å². The van der Waals surface area contributed by atoms with Crippen molar-refractivity contribution >= 4 is 5.91 Å². The summed E-state index contributed by atoms with van der Waals surface area (Å²) in [6, 6.07) is 0. The van der Waals surface area contributed by atoms with Gasteiger partial charge >= 0.3 is 42.0 Å². The molecule has 0 bridgehead atoms. The lowest BCUT2D eigenvalue weighted by molar-refractivity contribution is -0.428. The van der Waals surface area contributed by atoms with Crippen molar-refractivity contribution in [2.24, 2.45) is 0 Å². The van der Waals surface area contributed by atoms with Gasteiger partial charge in [-0.2, -0.15) is 52.7 Å². The van der Waals surface area contributed by atoms with Crippen LogP contribution < -0.4 is 5.32 Å². The lowest BCUT2D eigenvalue weighted by atomic mass is 9.91. The van der Waals surface area contributed by atoms with Gasteiger partial charge in [0.1, 0.15) is 5.82 Å². The number of hydrogen-bond acceptors (Lipinski definition) is 4. The maximum absolute atomic E-state index is 13.6. The molecule has 0 fully saturated rings. The Hall–Kier alpha value is -2.44. The SMILES string of the molecule is O=C(NCCCCc1nnn[nH]1)C(F)(F)C(F)(F)C(F)(F)C(F)(F)C(F)(F)C(F)(F)C(F)F. The summed E-state index contributed by atoms with van der Waals surface area (Å²) in [6.45, 7) is -0.951. The Balaban J connectivity index is 3.03. The number of aryl methyl sites for hydroxylation is 1. The second-order valence-corrected chi connectivity index (χ2v) is 6.36. The zero-order valence-electron chi connectivity index (χ0n) is 15.4. The standard InChI is InChI=1S/C13H11F14N5O/c14-6(15)8(16,17)10(20,21)12(24,25)13(26,27)11(22,23)9(18,19)7(33)28-4-2-1-3-5-29-31-32-30-5/h6H,1-4H2,(H,28,33)(H,29,30,31,32). The first-order chi connectivity index (χ1) is 14.7. The molecule has 0 radical (unpaired) electrons. The van der Waals surface area contributed by atoms with Gasteiger partial charge in [0.25, 0.3) is 5.91 Å². The molecule has 1 amide bonds. The second-order valence-electron chi connectivity index (χ2n) is 6.36. The third-order valence-corrected chi connectivity index (χ3v) is 4.07. The van der Waals surface area contributed by atoms with E-state index in [0.29, 0.717) is 0 Å². The normalized spacial score (nSPS) is 14.6. The Labute approximate surface area is 173 Å². The average Bonchev–Trinajstić information content (AvgIpc) is 3.19. The van der Waals surface area contributed by atoms with Crippen molar-refractivity contribution in [3.05, 3.63) is 5.82 Å². The van der Waals surface area contributed by atoms with Gasteiger partial charge < -0.3 is 5.32 Å². The van der Waals surface area contributed by atoms with Crippen LogP contribution in [0.5, 0.6) is 0 Å². The molecule has 0 unspecified atom stereocenters. The highest BCUT2D eigenvalue weighted by Gasteiger charge is 2.92. The number of aromatic nitrogens is 4. The number of nitrogens with zero attached hydrogens (tertiary/aromatic N) is 3. The largest absolute Gasteiger partial charge is 0.392 e. The molecule has 0 aromatic carbocycles. The summed E-state index contributed by atoms with van der Waals surface area (Å²) in [5.74, 6) is -49.4. The minimum absolute atomic E-state index is 0.0210. The smallest absolute Gasteiger partial charge is 0.351 e. The van der Waals surface area contributed by atoms with E-state index in [9.17, 15) is 66.3 Å². The van der Waals surface area contributed by atoms with Gasteiger partial charge in [-0.25, -0.2) is 13.9 Å². The lowest BCUT2D eigenvalue weighted by Crippen LogP contribution is -2.73. The van der Waals surface area contributed by atoms with Crippen LogP contribution in [0.4, 0.5) is 61.5 Å². The van der Waals surface area contributed by atoms with Gasteiger partial charge in [-0.15, -0.1) is 5.10 Å². The molecule has 1 heterocycles. The maximum atomic E-state index is 13.6. The number of tetrazole rings is 1. The van der Waals surface area contributed by atoms with E-state index in [-0.39, 0.29) is 25.1 Å². The van der Waals surface area contributed by atoms with E-state index in [1.54, 1.807) is 0 Å². The molecule has 2 N–H and O–H groups in total. The van der Waals surface area contributed by atoms with Crippen molar-refractivity contribution in [3.63, 3.8) is 0 Å². The van der Waals surface area contributed by atoms with Crippen LogP contribution >= 0.6 is 0 Å². The highest BCUT2D eigenvalue weighted by molar-refractivity contribution is 5.84. The zero-order chi connectivity index (χ0) is 26.1. The lowest BCUT2D eigenvalue weighted by Gasteiger charge is -2.40. The third-order valence-electron chi connectivity index (χ3n) is 4.07. The highest BCUT2D eigenvalue weighted by Crippen LogP contribution is 2.60. The number of amides is 1. The molecule has 1 rings (SSSR count). The molecule has 0 aliphatic rings. The minimum atomic E-state index is -8.17. The molecular formula is C13H11F14N5O. The van der Waals surface area contributed by atoms with E-state index in [1.165, 1.54) is 0 Å². The molecular weight excluding hydrogens is 508 g/mol. The van der Waals surface area contributed by atoms with Crippen molar-refractivity contribution in [2.75, 3.05) is 6.54 Å². The highest BCUT2D eigenvalue weighted by atomic mass is 19.4. The van der Waals surface area contributed by atoms with Crippen molar-refractivity contribution < 1.29 is 66.3 Å². The van der Waals surface area contributed by atoms with Gasteiger partial charge in [0.15, 0.2) is 0 Å². The molecule has 1 aromatic rings. The van der Waals surface area contributed by atoms with E-state index in [1.807, 2.05) is 0 Å². The third kappa shape index (κ3) is 4.64. The summed E-state index contributed by atoms with van der Waals surface area (Å²) in [6.07, 6.45) is -6.10. The topological polar surface area (TPSA) is 83.6 Å². The summed E-state index contributed by atoms with van der Waals surface area (Å²) in [4.78, 5) is 11.2. The molecule has 0 saturated heterocycles. The molecule has 33 heavy (non-hydrogen) atoms. The average molecular weight is 519 g/mol. The predicted molar refractivity (Wildman–Crippen MR) is 75.8 cm³/mol. The summed E-state index contributed by atoms with van der Waals surface area (Å²) in [5.41, 5.74) is 0. The summed E-state index contributed by atoms with van der Waals surface area (Å²) in [7, 11) is 0. The Morgan fingerprint density at radius 2 is 1.33 bits per heavy atom. The Kier molecular flexibility index (Phi) is 7.86. The van der Waals surface area contributed by atoms with E-state index in [2.05, 4.69) is 20.6 Å².